The molecule has 24 heavy (non-hydrogen) atoms. The number of alkyl halides is 6. The number of carboxylic acids is 1. The number of aromatic carboxylic acids is 1. The van der Waals surface area contributed by atoms with Crippen LogP contribution in [0.3, 0.4) is 0 Å². The maximum Gasteiger partial charge on any atom is 0.534 e. The highest BCUT2D eigenvalue weighted by Crippen LogP contribution is 2.33. The molecule has 2 N–H and O–H groups in total. The zero-order chi connectivity index (χ0) is 18.9. The Hall–Kier alpha value is -2.51. The van der Waals surface area contributed by atoms with E-state index >= 15 is 0 Å². The summed E-state index contributed by atoms with van der Waals surface area (Å²) in [6.07, 6.45) is -5.47. The fourth-order valence-electron chi connectivity index (χ4n) is 1.19. The SMILES string of the molecule is O=C(O)c1ccc(OS(=O)(=O)C(F)(F)F)c(NC(=O)C(F)(F)F)c1. The number of anilines is 1. The van der Waals surface area contributed by atoms with Crippen molar-refractivity contribution in [3.05, 3.63) is 23.8 Å². The van der Waals surface area contributed by atoms with Gasteiger partial charge < -0.3 is 14.6 Å². The summed E-state index contributed by atoms with van der Waals surface area (Å²) in [7, 11) is -6.26. The second-order valence-corrected chi connectivity index (χ2v) is 5.49. The van der Waals surface area contributed by atoms with Gasteiger partial charge in [-0.1, -0.05) is 0 Å². The Kier molecular flexibility index (Phi) is 5.03. The van der Waals surface area contributed by atoms with Gasteiger partial charge in [0.15, 0.2) is 5.75 Å². The number of hydrogen-bond acceptors (Lipinski definition) is 5. The number of carboxylic acid groups (broad SMARTS) is 1. The smallest absolute Gasteiger partial charge is 0.478 e. The summed E-state index contributed by atoms with van der Waals surface area (Å²) in [6.45, 7) is 0. The lowest BCUT2D eigenvalue weighted by Gasteiger charge is -2.15. The molecular weight excluding hydrogens is 376 g/mol. The predicted molar refractivity (Wildman–Crippen MR) is 63.7 cm³/mol. The third-order valence-corrected chi connectivity index (χ3v) is 3.18. The van der Waals surface area contributed by atoms with Crippen molar-refractivity contribution in [3.63, 3.8) is 0 Å². The molecule has 0 aromatic heterocycles. The number of halogens is 6. The van der Waals surface area contributed by atoms with Crippen molar-refractivity contribution in [2.45, 2.75) is 11.7 Å². The van der Waals surface area contributed by atoms with Crippen LogP contribution in [0.1, 0.15) is 10.4 Å². The third-order valence-electron chi connectivity index (χ3n) is 2.22. The quantitative estimate of drug-likeness (QED) is 0.470. The first-order chi connectivity index (χ1) is 10.6. The number of hydrogen-bond donors (Lipinski definition) is 2. The molecule has 0 aliphatic heterocycles. The second-order valence-electron chi connectivity index (χ2n) is 3.95. The molecule has 1 rings (SSSR count). The molecule has 1 aromatic carbocycles. The van der Waals surface area contributed by atoms with E-state index in [2.05, 4.69) is 4.18 Å². The van der Waals surface area contributed by atoms with Crippen molar-refractivity contribution in [1.29, 1.82) is 0 Å². The van der Waals surface area contributed by atoms with Gasteiger partial charge in [-0.15, -0.1) is 0 Å². The average Bonchev–Trinajstić information content (AvgIpc) is 2.37. The number of carbonyl (C=O) groups is 2. The Bertz CT molecular complexity index is 769. The fourth-order valence-corrected chi connectivity index (χ4v) is 1.67. The van der Waals surface area contributed by atoms with Gasteiger partial charge >= 0.3 is 33.7 Å². The summed E-state index contributed by atoms with van der Waals surface area (Å²) in [5, 5.41) is 9.72. The monoisotopic (exact) mass is 381 g/mol. The van der Waals surface area contributed by atoms with Gasteiger partial charge in [-0.3, -0.25) is 4.79 Å². The Morgan fingerprint density at radius 3 is 2.04 bits per heavy atom. The van der Waals surface area contributed by atoms with E-state index in [1.165, 1.54) is 0 Å². The Morgan fingerprint density at radius 2 is 1.62 bits per heavy atom. The normalized spacial score (nSPS) is 12.6. The lowest BCUT2D eigenvalue weighted by molar-refractivity contribution is -0.167. The van der Waals surface area contributed by atoms with Gasteiger partial charge in [-0.25, -0.2) is 4.79 Å². The molecule has 0 unspecified atom stereocenters. The first-order valence-corrected chi connectivity index (χ1v) is 6.82. The van der Waals surface area contributed by atoms with E-state index in [-0.39, 0.29) is 0 Å². The summed E-state index contributed by atoms with van der Waals surface area (Å²) in [6, 6.07) is 1.21. The molecule has 0 saturated carbocycles. The van der Waals surface area contributed by atoms with E-state index in [0.29, 0.717) is 18.2 Å². The molecule has 0 saturated heterocycles. The van der Waals surface area contributed by atoms with Crippen LogP contribution in [0.5, 0.6) is 5.75 Å². The number of carbonyl (C=O) groups excluding carboxylic acids is 1. The van der Waals surface area contributed by atoms with Crippen molar-refractivity contribution < 1.29 is 53.6 Å². The molecule has 0 radical (unpaired) electrons. The van der Waals surface area contributed by atoms with Crippen LogP contribution in [0.2, 0.25) is 0 Å². The van der Waals surface area contributed by atoms with Gasteiger partial charge in [0.2, 0.25) is 0 Å². The van der Waals surface area contributed by atoms with Gasteiger partial charge in [-0.2, -0.15) is 34.8 Å². The highest BCUT2D eigenvalue weighted by Gasteiger charge is 2.49. The predicted octanol–water partition coefficient (Wildman–Crippen LogP) is 2.11. The Labute approximate surface area is 128 Å². The minimum atomic E-state index is -6.26. The molecule has 0 heterocycles. The first kappa shape index (κ1) is 19.5. The van der Waals surface area contributed by atoms with E-state index in [0.717, 1.165) is 5.32 Å². The molecule has 14 heteroatoms. The summed E-state index contributed by atoms with van der Waals surface area (Å²) in [5.41, 5.74) is -7.88. The number of rotatable bonds is 4. The average molecular weight is 381 g/mol. The minimum Gasteiger partial charge on any atom is -0.478 e. The molecule has 1 amide bonds. The van der Waals surface area contributed by atoms with Crippen LogP contribution in [0.25, 0.3) is 0 Å². The van der Waals surface area contributed by atoms with E-state index in [4.69, 9.17) is 5.11 Å². The molecule has 0 fully saturated rings. The van der Waals surface area contributed by atoms with Crippen molar-refractivity contribution >= 4 is 27.7 Å². The molecule has 0 atom stereocenters. The van der Waals surface area contributed by atoms with Gasteiger partial charge in [0.05, 0.1) is 11.3 Å². The van der Waals surface area contributed by atoms with Crippen LogP contribution in [-0.2, 0) is 14.9 Å². The van der Waals surface area contributed by atoms with E-state index in [1.807, 2.05) is 0 Å². The maximum atomic E-state index is 12.2. The third kappa shape index (κ3) is 4.50. The Balaban J connectivity index is 3.35. The second kappa shape index (κ2) is 6.18. The molecule has 0 aliphatic carbocycles. The molecular formula is C10H5F6NO6S. The van der Waals surface area contributed by atoms with Crippen LogP contribution in [0.4, 0.5) is 32.0 Å². The molecule has 7 nitrogen and oxygen atoms in total. The van der Waals surface area contributed by atoms with Gasteiger partial charge in [0.1, 0.15) is 0 Å². The van der Waals surface area contributed by atoms with Crippen molar-refractivity contribution in [2.24, 2.45) is 0 Å². The van der Waals surface area contributed by atoms with Crippen LogP contribution in [-0.4, -0.2) is 37.1 Å². The standard InChI is InChI=1S/C10H5F6NO6S/c11-9(12,13)8(20)17-5-3-4(7(18)19)1-2-6(5)23-24(21,22)10(14,15)16/h1-3H,(H,17,20)(H,18,19). The summed E-state index contributed by atoms with van der Waals surface area (Å²) in [4.78, 5) is 21.5. The first-order valence-electron chi connectivity index (χ1n) is 5.41. The van der Waals surface area contributed by atoms with Crippen molar-refractivity contribution in [2.75, 3.05) is 5.32 Å². The molecule has 0 bridgehead atoms. The van der Waals surface area contributed by atoms with Crippen molar-refractivity contribution in [3.8, 4) is 5.75 Å². The summed E-state index contributed by atoms with van der Waals surface area (Å²) < 4.78 is 98.6. The summed E-state index contributed by atoms with van der Waals surface area (Å²) in [5.74, 6) is -5.74. The zero-order valence-corrected chi connectivity index (χ0v) is 11.7. The number of nitrogens with one attached hydrogen (secondary N) is 1. The molecule has 0 aliphatic rings. The molecule has 134 valence electrons. The number of amides is 1. The van der Waals surface area contributed by atoms with E-state index < -0.39 is 50.7 Å². The van der Waals surface area contributed by atoms with Crippen LogP contribution < -0.4 is 9.50 Å². The van der Waals surface area contributed by atoms with E-state index in [9.17, 15) is 44.3 Å². The lowest BCUT2D eigenvalue weighted by Crippen LogP contribution is -2.31. The zero-order valence-electron chi connectivity index (χ0n) is 10.9. The van der Waals surface area contributed by atoms with Crippen LogP contribution >= 0.6 is 0 Å². The minimum absolute atomic E-state index is 0.299. The maximum absolute atomic E-state index is 12.2. The Morgan fingerprint density at radius 1 is 1.08 bits per heavy atom. The topological polar surface area (TPSA) is 110 Å². The highest BCUT2D eigenvalue weighted by atomic mass is 32.2. The van der Waals surface area contributed by atoms with Crippen LogP contribution in [0.15, 0.2) is 18.2 Å². The highest BCUT2D eigenvalue weighted by molar-refractivity contribution is 7.88. The summed E-state index contributed by atoms with van der Waals surface area (Å²) >= 11 is 0. The van der Waals surface area contributed by atoms with Gasteiger partial charge in [0.25, 0.3) is 0 Å². The fraction of sp³-hybridized carbons (Fsp3) is 0.200. The van der Waals surface area contributed by atoms with Crippen LogP contribution in [0, 0.1) is 0 Å². The largest absolute Gasteiger partial charge is 0.534 e. The molecule has 1 aromatic rings. The number of benzene rings is 1. The molecule has 0 spiro atoms. The van der Waals surface area contributed by atoms with Crippen molar-refractivity contribution in [1.82, 2.24) is 0 Å². The van der Waals surface area contributed by atoms with E-state index in [1.54, 1.807) is 0 Å². The van der Waals surface area contributed by atoms with Gasteiger partial charge in [-0.05, 0) is 18.2 Å². The van der Waals surface area contributed by atoms with Gasteiger partial charge in [0, 0.05) is 0 Å². The lowest BCUT2D eigenvalue weighted by atomic mass is 10.2.